The molecule has 9 aromatic carbocycles. The van der Waals surface area contributed by atoms with Crippen LogP contribution in [0.2, 0.25) is 0 Å². The zero-order chi connectivity index (χ0) is 41.7. The van der Waals surface area contributed by atoms with Crippen LogP contribution in [0.1, 0.15) is 49.9 Å². The first kappa shape index (κ1) is 36.4. The summed E-state index contributed by atoms with van der Waals surface area (Å²) in [5.74, 6) is 0. The van der Waals surface area contributed by atoms with E-state index in [0.29, 0.717) is 0 Å². The Morgan fingerprint density at radius 2 is 0.758 bits per heavy atom. The van der Waals surface area contributed by atoms with Crippen molar-refractivity contribution in [2.45, 2.75) is 38.5 Å². The molecule has 0 atom stereocenters. The van der Waals surface area contributed by atoms with Crippen LogP contribution < -0.4 is 4.90 Å². The molecule has 2 aliphatic rings. The van der Waals surface area contributed by atoms with Crippen LogP contribution in [0.4, 0.5) is 17.1 Å². The van der Waals surface area contributed by atoms with Gasteiger partial charge in [-0.3, -0.25) is 0 Å². The summed E-state index contributed by atoms with van der Waals surface area (Å²) in [6.45, 7) is 9.49. The number of benzene rings is 9. The van der Waals surface area contributed by atoms with Gasteiger partial charge in [0.25, 0.3) is 0 Å². The Bertz CT molecular complexity index is 3400. The molecule has 0 saturated carbocycles. The Kier molecular flexibility index (Phi) is 7.96. The molecule has 1 aromatic heterocycles. The van der Waals surface area contributed by atoms with Crippen LogP contribution in [-0.2, 0) is 10.8 Å². The summed E-state index contributed by atoms with van der Waals surface area (Å²) in [5, 5.41) is 2.31. The SMILES string of the molecule is CC1(C)c2ccccc2-c2ccc(N(c3ccc(-c4ccccc4-c4ccccc4)cc3)c3ccc4c(c3)C(C)(C)c3cc(-c5ccc6c(c5)oc5ccccc56)ccc3-4)cc21. The third-order valence-corrected chi connectivity index (χ3v) is 13.9. The largest absolute Gasteiger partial charge is 0.456 e. The molecule has 0 spiro atoms. The molecule has 0 unspecified atom stereocenters. The van der Waals surface area contributed by atoms with Crippen molar-refractivity contribution in [1.29, 1.82) is 0 Å². The molecule has 2 heteroatoms. The maximum Gasteiger partial charge on any atom is 0.136 e. The summed E-state index contributed by atoms with van der Waals surface area (Å²) < 4.78 is 6.31. The van der Waals surface area contributed by atoms with E-state index in [9.17, 15) is 0 Å². The first-order valence-corrected chi connectivity index (χ1v) is 21.7. The summed E-state index contributed by atoms with van der Waals surface area (Å²) in [4.78, 5) is 2.46. The minimum atomic E-state index is -0.224. The van der Waals surface area contributed by atoms with Gasteiger partial charge in [0.1, 0.15) is 11.2 Å². The minimum Gasteiger partial charge on any atom is -0.456 e. The average Bonchev–Trinajstić information content (AvgIpc) is 3.88. The molecule has 1 heterocycles. The zero-order valence-corrected chi connectivity index (χ0v) is 35.4. The second-order valence-electron chi connectivity index (χ2n) is 18.1. The Hall–Kier alpha value is -7.42. The van der Waals surface area contributed by atoms with E-state index in [1.807, 2.05) is 12.1 Å². The highest BCUT2D eigenvalue weighted by Crippen LogP contribution is 2.54. The van der Waals surface area contributed by atoms with Gasteiger partial charge in [-0.1, -0.05) is 167 Å². The number of nitrogens with zero attached hydrogens (tertiary/aromatic N) is 1. The summed E-state index contributed by atoms with van der Waals surface area (Å²) in [6.07, 6.45) is 0. The molecule has 0 bridgehead atoms. The van der Waals surface area contributed by atoms with Crippen molar-refractivity contribution in [2.24, 2.45) is 0 Å². The van der Waals surface area contributed by atoms with E-state index in [2.05, 4.69) is 221 Å². The maximum absolute atomic E-state index is 6.31. The Labute approximate surface area is 363 Å². The highest BCUT2D eigenvalue weighted by molar-refractivity contribution is 6.06. The fourth-order valence-electron chi connectivity index (χ4n) is 10.6. The molecule has 296 valence electrons. The second kappa shape index (κ2) is 13.5. The van der Waals surface area contributed by atoms with Crippen molar-refractivity contribution in [3.8, 4) is 55.6 Å². The van der Waals surface area contributed by atoms with Crippen molar-refractivity contribution in [3.63, 3.8) is 0 Å². The molecule has 10 aromatic rings. The normalized spacial score (nSPS) is 14.1. The molecule has 2 aliphatic carbocycles. The van der Waals surface area contributed by atoms with Crippen molar-refractivity contribution >= 4 is 39.0 Å². The van der Waals surface area contributed by atoms with Crippen LogP contribution in [-0.4, -0.2) is 0 Å². The molecular formula is C60H45NO. The first-order chi connectivity index (χ1) is 30.2. The van der Waals surface area contributed by atoms with Gasteiger partial charge in [0.05, 0.1) is 0 Å². The highest BCUT2D eigenvalue weighted by atomic mass is 16.3. The molecule has 0 aliphatic heterocycles. The number of hydrogen-bond donors (Lipinski definition) is 0. The van der Waals surface area contributed by atoms with E-state index in [0.717, 1.165) is 44.6 Å². The van der Waals surface area contributed by atoms with E-state index in [1.165, 1.54) is 72.3 Å². The number of para-hydroxylation sites is 1. The predicted molar refractivity (Wildman–Crippen MR) is 260 cm³/mol. The van der Waals surface area contributed by atoms with Gasteiger partial charge in [-0.25, -0.2) is 0 Å². The zero-order valence-electron chi connectivity index (χ0n) is 35.4. The Balaban J connectivity index is 0.963. The first-order valence-electron chi connectivity index (χ1n) is 21.7. The van der Waals surface area contributed by atoms with E-state index in [4.69, 9.17) is 4.42 Å². The Morgan fingerprint density at radius 1 is 0.306 bits per heavy atom. The molecule has 12 rings (SSSR count). The van der Waals surface area contributed by atoms with Crippen molar-refractivity contribution < 1.29 is 4.42 Å². The summed E-state index contributed by atoms with van der Waals surface area (Å²) in [7, 11) is 0. The molecule has 0 radical (unpaired) electrons. The fraction of sp³-hybridized carbons (Fsp3) is 0.100. The lowest BCUT2D eigenvalue weighted by Crippen LogP contribution is -2.18. The lowest BCUT2D eigenvalue weighted by Gasteiger charge is -2.30. The third-order valence-electron chi connectivity index (χ3n) is 13.9. The molecule has 2 nitrogen and oxygen atoms in total. The van der Waals surface area contributed by atoms with Crippen molar-refractivity contribution in [3.05, 3.63) is 222 Å². The molecular weight excluding hydrogens is 751 g/mol. The Morgan fingerprint density at radius 3 is 1.45 bits per heavy atom. The number of anilines is 3. The number of fused-ring (bicyclic) bond motifs is 9. The van der Waals surface area contributed by atoms with Gasteiger partial charge in [-0.15, -0.1) is 0 Å². The van der Waals surface area contributed by atoms with E-state index in [1.54, 1.807) is 0 Å². The molecule has 0 amide bonds. The quantitative estimate of drug-likeness (QED) is 0.167. The fourth-order valence-corrected chi connectivity index (χ4v) is 10.6. The van der Waals surface area contributed by atoms with Gasteiger partial charge in [-0.05, 0) is 139 Å². The smallest absolute Gasteiger partial charge is 0.136 e. The third kappa shape index (κ3) is 5.49. The van der Waals surface area contributed by atoms with Crippen LogP contribution >= 0.6 is 0 Å². The summed E-state index contributed by atoms with van der Waals surface area (Å²) in [6, 6.07) is 73.6. The van der Waals surface area contributed by atoms with Gasteiger partial charge in [-0.2, -0.15) is 0 Å². The van der Waals surface area contributed by atoms with Gasteiger partial charge < -0.3 is 9.32 Å². The second-order valence-corrected chi connectivity index (χ2v) is 18.1. The van der Waals surface area contributed by atoms with Crippen LogP contribution in [0.3, 0.4) is 0 Å². The lowest BCUT2D eigenvalue weighted by molar-refractivity contribution is 0.660. The number of rotatable bonds is 6. The molecule has 0 saturated heterocycles. The van der Waals surface area contributed by atoms with E-state index >= 15 is 0 Å². The van der Waals surface area contributed by atoms with Gasteiger partial charge in [0.2, 0.25) is 0 Å². The van der Waals surface area contributed by atoms with Crippen molar-refractivity contribution in [2.75, 3.05) is 4.90 Å². The van der Waals surface area contributed by atoms with Crippen LogP contribution in [0.25, 0.3) is 77.6 Å². The molecule has 0 N–H and O–H groups in total. The monoisotopic (exact) mass is 795 g/mol. The summed E-state index contributed by atoms with van der Waals surface area (Å²) in [5.41, 5.74) is 22.8. The van der Waals surface area contributed by atoms with Crippen molar-refractivity contribution in [1.82, 2.24) is 0 Å². The molecule has 62 heavy (non-hydrogen) atoms. The minimum absolute atomic E-state index is 0.118. The number of hydrogen-bond acceptors (Lipinski definition) is 2. The lowest BCUT2D eigenvalue weighted by atomic mass is 9.81. The van der Waals surface area contributed by atoms with Gasteiger partial charge in [0.15, 0.2) is 0 Å². The van der Waals surface area contributed by atoms with Gasteiger partial charge >= 0.3 is 0 Å². The van der Waals surface area contributed by atoms with E-state index in [-0.39, 0.29) is 10.8 Å². The van der Waals surface area contributed by atoms with Gasteiger partial charge in [0, 0.05) is 38.7 Å². The van der Waals surface area contributed by atoms with Crippen LogP contribution in [0.5, 0.6) is 0 Å². The predicted octanol–water partition coefficient (Wildman–Crippen LogP) is 16.7. The standard InChI is InChI=1S/C60H45NO/c1-59(2)53-20-12-10-18-47(53)49-32-28-43(36-55(49)59)61(42-26-22-39(23-27-42)46-17-9-8-16-45(46)38-14-6-5-7-15-38)44-29-33-50-48-30-24-40(34-54(48)60(3,4)56(50)37-44)41-25-31-52-51-19-11-13-21-57(51)62-58(52)35-41/h5-37H,1-4H3. The summed E-state index contributed by atoms with van der Waals surface area (Å²) >= 11 is 0. The van der Waals surface area contributed by atoms with Crippen LogP contribution in [0.15, 0.2) is 205 Å². The topological polar surface area (TPSA) is 16.4 Å². The number of furan rings is 1. The highest BCUT2D eigenvalue weighted by Gasteiger charge is 2.38. The van der Waals surface area contributed by atoms with E-state index < -0.39 is 0 Å². The average molecular weight is 796 g/mol. The van der Waals surface area contributed by atoms with Crippen LogP contribution in [0, 0.1) is 0 Å². The maximum atomic E-state index is 6.31. The molecule has 0 fully saturated rings.